The molecule has 114 valence electrons. The molecule has 0 radical (unpaired) electrons. The zero-order valence-electron chi connectivity index (χ0n) is 11.9. The van der Waals surface area contributed by atoms with Gasteiger partial charge in [-0.1, -0.05) is 13.8 Å². The molecule has 0 fully saturated rings. The Morgan fingerprint density at radius 3 is 2.55 bits per heavy atom. The van der Waals surface area contributed by atoms with E-state index in [1.165, 1.54) is 0 Å². The number of sulfonamides is 1. The highest BCUT2D eigenvalue weighted by molar-refractivity contribution is 7.89. The maximum Gasteiger partial charge on any atom is 0.340 e. The van der Waals surface area contributed by atoms with E-state index in [2.05, 4.69) is 14.9 Å². The maximum atomic E-state index is 12.3. The number of nitrogens with one attached hydrogen (secondary N) is 2. The van der Waals surface area contributed by atoms with Crippen molar-refractivity contribution in [3.05, 3.63) is 11.8 Å². The number of likely N-dealkylation sites (N-methyl/N-ethyl adjacent to an activating group) is 1. The summed E-state index contributed by atoms with van der Waals surface area (Å²) < 4.78 is 27.0. The van der Waals surface area contributed by atoms with Crippen LogP contribution in [0.5, 0.6) is 0 Å². The van der Waals surface area contributed by atoms with E-state index in [0.717, 1.165) is 6.20 Å². The molecule has 0 bridgehead atoms. The van der Waals surface area contributed by atoms with Gasteiger partial charge in [0.1, 0.15) is 5.56 Å². The molecule has 9 heteroatoms. The fourth-order valence-corrected chi connectivity index (χ4v) is 3.13. The van der Waals surface area contributed by atoms with Gasteiger partial charge in [-0.05, 0) is 20.0 Å². The summed E-state index contributed by atoms with van der Waals surface area (Å²) in [5.74, 6) is -1.28. The van der Waals surface area contributed by atoms with Crippen molar-refractivity contribution in [2.75, 3.05) is 20.6 Å². The van der Waals surface area contributed by atoms with Gasteiger partial charge in [0.05, 0.1) is 6.20 Å². The first kappa shape index (κ1) is 16.6. The minimum absolute atomic E-state index is 0.0587. The molecular weight excluding hydrogens is 284 g/mol. The molecule has 8 nitrogen and oxygen atoms in total. The maximum absolute atomic E-state index is 12.3. The SMILES string of the molecule is CC(C)C(CN(C)C)NS(=O)(=O)c1[nH]ncc1C(=O)O. The van der Waals surface area contributed by atoms with Crippen molar-refractivity contribution < 1.29 is 18.3 Å². The van der Waals surface area contributed by atoms with E-state index < -0.39 is 21.0 Å². The van der Waals surface area contributed by atoms with Gasteiger partial charge in [-0.25, -0.2) is 17.9 Å². The minimum Gasteiger partial charge on any atom is -0.478 e. The molecule has 0 aromatic carbocycles. The van der Waals surface area contributed by atoms with Crippen LogP contribution in [0.2, 0.25) is 0 Å². The van der Waals surface area contributed by atoms with Gasteiger partial charge in [0.15, 0.2) is 5.03 Å². The van der Waals surface area contributed by atoms with Crippen LogP contribution in [0.1, 0.15) is 24.2 Å². The molecule has 0 saturated heterocycles. The number of aromatic carboxylic acids is 1. The topological polar surface area (TPSA) is 115 Å². The van der Waals surface area contributed by atoms with Gasteiger partial charge >= 0.3 is 5.97 Å². The molecule has 0 amide bonds. The zero-order valence-corrected chi connectivity index (χ0v) is 12.7. The molecule has 0 aliphatic rings. The third kappa shape index (κ3) is 4.02. The number of rotatable bonds is 7. The second-order valence-corrected chi connectivity index (χ2v) is 6.80. The average Bonchev–Trinajstić information content (AvgIpc) is 2.76. The Balaban J connectivity index is 3.04. The molecule has 20 heavy (non-hydrogen) atoms. The average molecular weight is 304 g/mol. The highest BCUT2D eigenvalue weighted by Gasteiger charge is 2.28. The van der Waals surface area contributed by atoms with Crippen LogP contribution in [0.25, 0.3) is 0 Å². The minimum atomic E-state index is -3.96. The first-order chi connectivity index (χ1) is 9.15. The van der Waals surface area contributed by atoms with Crippen LogP contribution in [-0.2, 0) is 10.0 Å². The lowest BCUT2D eigenvalue weighted by Gasteiger charge is -2.25. The molecular formula is C11H20N4O4S. The summed E-state index contributed by atoms with van der Waals surface area (Å²) in [5.41, 5.74) is -0.371. The van der Waals surface area contributed by atoms with Crippen LogP contribution in [0, 0.1) is 5.92 Å². The van der Waals surface area contributed by atoms with Gasteiger partial charge in [-0.3, -0.25) is 5.10 Å². The van der Waals surface area contributed by atoms with Gasteiger partial charge in [0.2, 0.25) is 0 Å². The summed E-state index contributed by atoms with van der Waals surface area (Å²) in [6.45, 7) is 4.29. The predicted octanol–water partition coefficient (Wildman–Crippen LogP) is -0.0276. The van der Waals surface area contributed by atoms with Crippen LogP contribution in [-0.4, -0.2) is 61.3 Å². The van der Waals surface area contributed by atoms with Crippen LogP contribution in [0.15, 0.2) is 11.2 Å². The molecule has 0 aliphatic heterocycles. The van der Waals surface area contributed by atoms with Crippen LogP contribution in [0.3, 0.4) is 0 Å². The smallest absolute Gasteiger partial charge is 0.340 e. The second kappa shape index (κ2) is 6.33. The first-order valence-electron chi connectivity index (χ1n) is 6.09. The lowest BCUT2D eigenvalue weighted by atomic mass is 10.1. The Hall–Kier alpha value is -1.45. The van der Waals surface area contributed by atoms with E-state index in [-0.39, 0.29) is 17.5 Å². The van der Waals surface area contributed by atoms with Crippen LogP contribution < -0.4 is 4.72 Å². The molecule has 1 aromatic heterocycles. The standard InChI is InChI=1S/C11H20N4O4S/c1-7(2)9(6-15(3)4)14-20(18,19)10-8(11(16)17)5-12-13-10/h5,7,9,14H,6H2,1-4H3,(H,12,13)(H,16,17). The van der Waals surface area contributed by atoms with Gasteiger partial charge in [0, 0.05) is 12.6 Å². The Bertz CT molecular complexity index is 565. The van der Waals surface area contributed by atoms with Crippen LogP contribution in [0.4, 0.5) is 0 Å². The fourth-order valence-electron chi connectivity index (χ4n) is 1.67. The van der Waals surface area contributed by atoms with E-state index in [9.17, 15) is 13.2 Å². The number of aromatic amines is 1. The molecule has 0 spiro atoms. The van der Waals surface area contributed by atoms with Gasteiger partial charge in [0.25, 0.3) is 10.0 Å². The summed E-state index contributed by atoms with van der Waals surface area (Å²) in [6, 6.07) is -0.333. The van der Waals surface area contributed by atoms with Crippen molar-refractivity contribution in [1.29, 1.82) is 0 Å². The lowest BCUT2D eigenvalue weighted by molar-refractivity contribution is 0.0692. The number of carbonyl (C=O) groups is 1. The zero-order chi connectivity index (χ0) is 15.5. The van der Waals surface area contributed by atoms with Crippen molar-refractivity contribution in [1.82, 2.24) is 19.8 Å². The number of carboxylic acids is 1. The van der Waals surface area contributed by atoms with E-state index in [1.54, 1.807) is 0 Å². The fraction of sp³-hybridized carbons (Fsp3) is 0.636. The van der Waals surface area contributed by atoms with E-state index >= 15 is 0 Å². The molecule has 0 saturated carbocycles. The molecule has 1 rings (SSSR count). The van der Waals surface area contributed by atoms with E-state index in [1.807, 2.05) is 32.8 Å². The van der Waals surface area contributed by atoms with Crippen molar-refractivity contribution in [2.45, 2.75) is 24.9 Å². The second-order valence-electron chi connectivity index (χ2n) is 5.15. The molecule has 3 N–H and O–H groups in total. The normalized spacial score (nSPS) is 13.9. The van der Waals surface area contributed by atoms with E-state index in [4.69, 9.17) is 5.11 Å². The predicted molar refractivity (Wildman–Crippen MR) is 73.0 cm³/mol. The third-order valence-corrected chi connectivity index (χ3v) is 4.24. The Morgan fingerprint density at radius 2 is 2.10 bits per heavy atom. The Kier molecular flexibility index (Phi) is 5.26. The number of hydrogen-bond acceptors (Lipinski definition) is 5. The summed E-state index contributed by atoms with van der Waals surface area (Å²) >= 11 is 0. The molecule has 1 heterocycles. The number of aromatic nitrogens is 2. The van der Waals surface area contributed by atoms with Crippen molar-refractivity contribution in [2.24, 2.45) is 5.92 Å². The summed E-state index contributed by atoms with van der Waals surface area (Å²) in [4.78, 5) is 12.8. The van der Waals surface area contributed by atoms with Gasteiger partial charge < -0.3 is 10.0 Å². The summed E-state index contributed by atoms with van der Waals surface area (Å²) in [5, 5.41) is 14.2. The highest BCUT2D eigenvalue weighted by atomic mass is 32.2. The van der Waals surface area contributed by atoms with Crippen molar-refractivity contribution in [3.63, 3.8) is 0 Å². The van der Waals surface area contributed by atoms with Crippen LogP contribution >= 0.6 is 0 Å². The number of nitrogens with zero attached hydrogens (tertiary/aromatic N) is 2. The molecule has 1 aromatic rings. The first-order valence-corrected chi connectivity index (χ1v) is 7.57. The Morgan fingerprint density at radius 1 is 1.50 bits per heavy atom. The van der Waals surface area contributed by atoms with Gasteiger partial charge in [-0.2, -0.15) is 5.10 Å². The monoisotopic (exact) mass is 304 g/mol. The van der Waals surface area contributed by atoms with Gasteiger partial charge in [-0.15, -0.1) is 0 Å². The third-order valence-electron chi connectivity index (χ3n) is 2.78. The van der Waals surface area contributed by atoms with Crippen molar-refractivity contribution >= 4 is 16.0 Å². The van der Waals surface area contributed by atoms with E-state index in [0.29, 0.717) is 6.54 Å². The molecule has 0 aliphatic carbocycles. The number of carboxylic acid groups (broad SMARTS) is 1. The number of hydrogen-bond donors (Lipinski definition) is 3. The summed E-state index contributed by atoms with van der Waals surface area (Å²) in [7, 11) is -0.286. The quantitative estimate of drug-likeness (QED) is 0.651. The molecule has 1 unspecified atom stereocenters. The van der Waals surface area contributed by atoms with Crippen molar-refractivity contribution in [3.8, 4) is 0 Å². The number of H-pyrrole nitrogens is 1. The lowest BCUT2D eigenvalue weighted by Crippen LogP contribution is -2.45. The summed E-state index contributed by atoms with van der Waals surface area (Å²) in [6.07, 6.45) is 0.979. The highest BCUT2D eigenvalue weighted by Crippen LogP contribution is 2.14. The molecule has 1 atom stereocenters. The Labute approximate surface area is 118 Å². The largest absolute Gasteiger partial charge is 0.478 e.